The van der Waals surface area contributed by atoms with Crippen molar-refractivity contribution in [1.82, 2.24) is 0 Å². The van der Waals surface area contributed by atoms with Crippen molar-refractivity contribution < 1.29 is 23.9 Å². The molecule has 0 fully saturated rings. The third kappa shape index (κ3) is 4.95. The molecule has 4 rings (SSSR count). The number of esters is 1. The molecule has 0 saturated heterocycles. The van der Waals surface area contributed by atoms with Crippen molar-refractivity contribution in [2.45, 2.75) is 33.0 Å². The van der Waals surface area contributed by atoms with Crippen molar-refractivity contribution in [2.75, 3.05) is 11.4 Å². The second-order valence-corrected chi connectivity index (χ2v) is 7.95. The van der Waals surface area contributed by atoms with Crippen molar-refractivity contribution >= 4 is 23.3 Å². The van der Waals surface area contributed by atoms with Crippen LogP contribution in [0.5, 0.6) is 5.75 Å². The summed E-state index contributed by atoms with van der Waals surface area (Å²) in [6, 6.07) is 21.7. The van der Waals surface area contributed by atoms with Crippen LogP contribution < -0.4 is 9.64 Å². The van der Waals surface area contributed by atoms with E-state index in [0.717, 1.165) is 16.8 Å². The van der Waals surface area contributed by atoms with E-state index >= 15 is 0 Å². The second-order valence-electron chi connectivity index (χ2n) is 7.95. The first-order valence-corrected chi connectivity index (χ1v) is 10.9. The second kappa shape index (κ2) is 9.69. The van der Waals surface area contributed by atoms with Gasteiger partial charge in [0, 0.05) is 24.7 Å². The Hall–Kier alpha value is -3.93. The zero-order valence-corrected chi connectivity index (χ0v) is 18.6. The van der Waals surface area contributed by atoms with Gasteiger partial charge in [0.05, 0.1) is 0 Å². The number of amides is 1. The summed E-state index contributed by atoms with van der Waals surface area (Å²) < 4.78 is 11.3. The van der Waals surface area contributed by atoms with Gasteiger partial charge in [0.15, 0.2) is 6.10 Å². The molecular weight excluding hydrogens is 418 g/mol. The van der Waals surface area contributed by atoms with Crippen LogP contribution in [0, 0.1) is 0 Å². The van der Waals surface area contributed by atoms with E-state index in [-0.39, 0.29) is 17.3 Å². The number of para-hydroxylation sites is 1. The first-order valence-electron chi connectivity index (χ1n) is 10.9. The molecule has 3 aromatic carbocycles. The Bertz CT molecular complexity index is 1190. The van der Waals surface area contributed by atoms with E-state index in [9.17, 15) is 14.4 Å². The fourth-order valence-electron chi connectivity index (χ4n) is 3.89. The quantitative estimate of drug-likeness (QED) is 0.394. The topological polar surface area (TPSA) is 72.9 Å². The summed E-state index contributed by atoms with van der Waals surface area (Å²) in [6.07, 6.45) is -0.279. The monoisotopic (exact) mass is 443 g/mol. The molecule has 33 heavy (non-hydrogen) atoms. The molecule has 1 aliphatic rings. The van der Waals surface area contributed by atoms with Crippen LogP contribution >= 0.6 is 0 Å². The van der Waals surface area contributed by atoms with E-state index in [1.165, 1.54) is 6.92 Å². The Kier molecular flexibility index (Phi) is 6.54. The molecule has 0 N–H and O–H groups in total. The summed E-state index contributed by atoms with van der Waals surface area (Å²) in [6.45, 7) is 4.00. The molecule has 0 radical (unpaired) electrons. The predicted octanol–water partition coefficient (Wildman–Crippen LogP) is 4.60. The summed E-state index contributed by atoms with van der Waals surface area (Å²) in [7, 11) is 0. The van der Waals surface area contributed by atoms with Gasteiger partial charge in [-0.3, -0.25) is 9.59 Å². The third-order valence-corrected chi connectivity index (χ3v) is 5.64. The van der Waals surface area contributed by atoms with E-state index in [2.05, 4.69) is 0 Å². The number of hydrogen-bond acceptors (Lipinski definition) is 5. The number of carbonyl (C=O) groups excluding carboxylic acids is 3. The number of hydrogen-bond donors (Lipinski definition) is 0. The fraction of sp³-hybridized carbons (Fsp3) is 0.222. The molecule has 0 aromatic heterocycles. The van der Waals surface area contributed by atoms with Gasteiger partial charge in [0.1, 0.15) is 17.9 Å². The van der Waals surface area contributed by atoms with Gasteiger partial charge in [-0.25, -0.2) is 4.79 Å². The highest BCUT2D eigenvalue weighted by atomic mass is 16.5. The maximum Gasteiger partial charge on any atom is 0.342 e. The molecule has 1 atom stereocenters. The highest BCUT2D eigenvalue weighted by molar-refractivity contribution is 6.03. The third-order valence-electron chi connectivity index (χ3n) is 5.64. The van der Waals surface area contributed by atoms with E-state index in [1.807, 2.05) is 30.3 Å². The number of anilines is 1. The van der Waals surface area contributed by atoms with E-state index in [4.69, 9.17) is 9.47 Å². The molecule has 0 spiro atoms. The number of fused-ring (bicyclic) bond motifs is 1. The molecule has 6 nitrogen and oxygen atoms in total. The maximum absolute atomic E-state index is 12.9. The molecule has 3 aromatic rings. The van der Waals surface area contributed by atoms with E-state index < -0.39 is 12.1 Å². The van der Waals surface area contributed by atoms with E-state index in [1.54, 1.807) is 54.3 Å². The lowest BCUT2D eigenvalue weighted by Gasteiger charge is -2.16. The van der Waals surface area contributed by atoms with Gasteiger partial charge in [-0.1, -0.05) is 42.5 Å². The first-order chi connectivity index (χ1) is 15.9. The lowest BCUT2D eigenvalue weighted by Crippen LogP contribution is -2.26. The average Bonchev–Trinajstić information content (AvgIpc) is 3.26. The van der Waals surface area contributed by atoms with Crippen LogP contribution in [-0.4, -0.2) is 30.3 Å². The molecule has 0 aliphatic carbocycles. The van der Waals surface area contributed by atoms with Crippen LogP contribution in [0.2, 0.25) is 0 Å². The summed E-state index contributed by atoms with van der Waals surface area (Å²) in [5.41, 5.74) is 3.46. The number of carbonyl (C=O) groups is 3. The molecule has 168 valence electrons. The average molecular weight is 443 g/mol. The van der Waals surface area contributed by atoms with Gasteiger partial charge in [-0.15, -0.1) is 0 Å². The van der Waals surface area contributed by atoms with Crippen molar-refractivity contribution in [3.05, 3.63) is 95.1 Å². The number of ketones is 1. The van der Waals surface area contributed by atoms with Crippen LogP contribution in [0.4, 0.5) is 5.69 Å². The molecule has 1 amide bonds. The molecule has 1 unspecified atom stereocenters. The molecule has 0 bridgehead atoms. The van der Waals surface area contributed by atoms with Crippen LogP contribution in [0.1, 0.15) is 45.7 Å². The first kappa shape index (κ1) is 22.3. The smallest absolute Gasteiger partial charge is 0.342 e. The van der Waals surface area contributed by atoms with Crippen molar-refractivity contribution in [1.29, 1.82) is 0 Å². The zero-order valence-electron chi connectivity index (χ0n) is 18.6. The summed E-state index contributed by atoms with van der Waals surface area (Å²) in [5, 5.41) is 0. The minimum absolute atomic E-state index is 0.0247. The highest BCUT2D eigenvalue weighted by Gasteiger charge is 2.26. The van der Waals surface area contributed by atoms with Crippen molar-refractivity contribution in [3.8, 4) is 5.75 Å². The van der Waals surface area contributed by atoms with Gasteiger partial charge >= 0.3 is 5.97 Å². The summed E-state index contributed by atoms with van der Waals surface area (Å²) in [5.74, 6) is -0.547. The standard InChI is InChI=1S/C27H25NO5/c1-18(26(30)22-12-13-24-21(16-22)14-15-28(24)19(2)29)33-27(31)23-10-6-7-11-25(23)32-17-20-8-4-3-5-9-20/h3-13,16,18H,14-15,17H2,1-2H3. The van der Waals surface area contributed by atoms with Gasteiger partial charge in [0.25, 0.3) is 0 Å². The predicted molar refractivity (Wildman–Crippen MR) is 125 cm³/mol. The Morgan fingerprint density at radius 1 is 0.970 bits per heavy atom. The van der Waals surface area contributed by atoms with Crippen LogP contribution in [0.25, 0.3) is 0 Å². The number of nitrogens with zero attached hydrogens (tertiary/aromatic N) is 1. The van der Waals surface area contributed by atoms with Crippen LogP contribution in [0.15, 0.2) is 72.8 Å². The number of ether oxygens (including phenoxy) is 2. The SMILES string of the molecule is CC(=O)N1CCc2cc(C(=O)C(C)OC(=O)c3ccccc3OCc3ccccc3)ccc21. The lowest BCUT2D eigenvalue weighted by molar-refractivity contribution is -0.116. The van der Waals surface area contributed by atoms with Gasteiger partial charge in [-0.2, -0.15) is 0 Å². The van der Waals surface area contributed by atoms with Crippen molar-refractivity contribution in [3.63, 3.8) is 0 Å². The summed E-state index contributed by atoms with van der Waals surface area (Å²) >= 11 is 0. The van der Waals surface area contributed by atoms with Gasteiger partial charge in [0.2, 0.25) is 11.7 Å². The minimum Gasteiger partial charge on any atom is -0.488 e. The molecule has 1 aliphatic heterocycles. The number of Topliss-reactive ketones (excluding diaryl/α,β-unsaturated/α-hetero) is 1. The molecule has 0 saturated carbocycles. The van der Waals surface area contributed by atoms with Crippen molar-refractivity contribution in [2.24, 2.45) is 0 Å². The van der Waals surface area contributed by atoms with Crippen LogP contribution in [-0.2, 0) is 22.6 Å². The minimum atomic E-state index is -0.969. The lowest BCUT2D eigenvalue weighted by atomic mass is 10.0. The maximum atomic E-state index is 12.9. The number of benzene rings is 3. The Labute approximate surface area is 192 Å². The Morgan fingerprint density at radius 2 is 1.70 bits per heavy atom. The fourth-order valence-corrected chi connectivity index (χ4v) is 3.89. The van der Waals surface area contributed by atoms with Gasteiger partial charge < -0.3 is 14.4 Å². The molecule has 1 heterocycles. The normalized spacial score (nSPS) is 13.2. The largest absolute Gasteiger partial charge is 0.488 e. The van der Waals surface area contributed by atoms with E-state index in [0.29, 0.717) is 30.9 Å². The number of rotatable bonds is 7. The molecule has 6 heteroatoms. The highest BCUT2D eigenvalue weighted by Crippen LogP contribution is 2.29. The Balaban J connectivity index is 1.44. The zero-order chi connectivity index (χ0) is 23.4. The summed E-state index contributed by atoms with van der Waals surface area (Å²) in [4.78, 5) is 39.2. The van der Waals surface area contributed by atoms with Gasteiger partial charge in [-0.05, 0) is 54.8 Å². The molecular formula is C27H25NO5. The Morgan fingerprint density at radius 3 is 2.45 bits per heavy atom. The van der Waals surface area contributed by atoms with Crippen LogP contribution in [0.3, 0.4) is 0 Å².